The van der Waals surface area contributed by atoms with Crippen molar-refractivity contribution < 1.29 is 4.79 Å². The number of hydrogen-bond acceptors (Lipinski definition) is 5. The van der Waals surface area contributed by atoms with E-state index in [-0.39, 0.29) is 5.91 Å². The number of nitrogens with one attached hydrogen (secondary N) is 1. The molecule has 128 valence electrons. The highest BCUT2D eigenvalue weighted by Gasteiger charge is 2.15. The third-order valence-electron chi connectivity index (χ3n) is 4.46. The first-order valence-corrected chi connectivity index (χ1v) is 9.34. The third kappa shape index (κ3) is 3.70. The molecule has 0 bridgehead atoms. The minimum atomic E-state index is 0.00276. The first-order chi connectivity index (χ1) is 12.2. The molecule has 3 heterocycles. The van der Waals surface area contributed by atoms with Crippen molar-refractivity contribution >= 4 is 33.8 Å². The van der Waals surface area contributed by atoms with E-state index in [1.807, 2.05) is 25.4 Å². The molecule has 2 aromatic heterocycles. The summed E-state index contributed by atoms with van der Waals surface area (Å²) in [5.74, 6) is 0.609. The molecule has 25 heavy (non-hydrogen) atoms. The van der Waals surface area contributed by atoms with E-state index in [0.717, 1.165) is 39.3 Å². The largest absolute Gasteiger partial charge is 0.310 e. The molecule has 1 amide bonds. The molecule has 3 aromatic rings. The Morgan fingerprint density at radius 3 is 2.76 bits per heavy atom. The lowest BCUT2D eigenvalue weighted by molar-refractivity contribution is -0.117. The number of pyridine rings is 1. The zero-order valence-corrected chi connectivity index (χ0v) is 15.0. The molecule has 1 saturated heterocycles. The number of carbonyl (C=O) groups excluding carboxylic acids is 1. The number of aryl methyl sites for hydroxylation is 1. The van der Waals surface area contributed by atoms with Crippen LogP contribution in [0.3, 0.4) is 0 Å². The smallest absolute Gasteiger partial charge is 0.239 e. The van der Waals surface area contributed by atoms with E-state index in [1.54, 1.807) is 11.3 Å². The van der Waals surface area contributed by atoms with Gasteiger partial charge in [0.25, 0.3) is 0 Å². The molecular weight excluding hydrogens is 332 g/mol. The highest BCUT2D eigenvalue weighted by atomic mass is 32.1. The summed E-state index contributed by atoms with van der Waals surface area (Å²) in [7, 11) is 0. The number of rotatable bonds is 4. The lowest BCUT2D eigenvalue weighted by Gasteiger charge is -2.14. The Labute approximate surface area is 150 Å². The van der Waals surface area contributed by atoms with Crippen molar-refractivity contribution in [1.82, 2.24) is 14.9 Å². The number of likely N-dealkylation sites (tertiary alicyclic amines) is 1. The summed E-state index contributed by atoms with van der Waals surface area (Å²) in [6, 6.07) is 8.21. The van der Waals surface area contributed by atoms with Gasteiger partial charge in [-0.15, -0.1) is 11.3 Å². The Kier molecular flexibility index (Phi) is 4.46. The van der Waals surface area contributed by atoms with Gasteiger partial charge in [-0.2, -0.15) is 0 Å². The maximum absolute atomic E-state index is 12.2. The zero-order valence-electron chi connectivity index (χ0n) is 14.2. The number of amides is 1. The van der Waals surface area contributed by atoms with Crippen molar-refractivity contribution in [1.29, 1.82) is 0 Å². The Hall–Kier alpha value is -2.31. The predicted octanol–water partition coefficient (Wildman–Crippen LogP) is 3.70. The molecular formula is C19H20N4OS. The van der Waals surface area contributed by atoms with Gasteiger partial charge in [-0.25, -0.2) is 9.97 Å². The average molecular weight is 352 g/mol. The molecule has 0 radical (unpaired) electrons. The minimum Gasteiger partial charge on any atom is -0.310 e. The summed E-state index contributed by atoms with van der Waals surface area (Å²) in [6.45, 7) is 4.47. The first kappa shape index (κ1) is 16.2. The molecule has 0 saturated carbocycles. The minimum absolute atomic E-state index is 0.00276. The van der Waals surface area contributed by atoms with Crippen LogP contribution in [0.1, 0.15) is 17.8 Å². The maximum atomic E-state index is 12.2. The van der Waals surface area contributed by atoms with Crippen molar-refractivity contribution in [2.75, 3.05) is 25.0 Å². The van der Waals surface area contributed by atoms with E-state index < -0.39 is 0 Å². The van der Waals surface area contributed by atoms with Gasteiger partial charge >= 0.3 is 0 Å². The number of fused-ring (bicyclic) bond motifs is 1. The fourth-order valence-electron chi connectivity index (χ4n) is 3.18. The van der Waals surface area contributed by atoms with Crippen LogP contribution in [0.4, 0.5) is 5.82 Å². The van der Waals surface area contributed by atoms with Gasteiger partial charge < -0.3 is 5.32 Å². The standard InChI is InChI=1S/C19H20N4OS/c1-13-20-11-17(25-13)14-4-5-15-10-21-18(9-16(15)8-14)22-19(24)12-23-6-2-3-7-23/h4-5,8-11H,2-3,6-7,12H2,1H3,(H,21,22,24). The highest BCUT2D eigenvalue weighted by molar-refractivity contribution is 7.15. The van der Waals surface area contributed by atoms with Gasteiger partial charge in [-0.1, -0.05) is 12.1 Å². The van der Waals surface area contributed by atoms with Crippen LogP contribution in [0.5, 0.6) is 0 Å². The van der Waals surface area contributed by atoms with Crippen molar-refractivity contribution in [2.45, 2.75) is 19.8 Å². The van der Waals surface area contributed by atoms with Crippen LogP contribution >= 0.6 is 11.3 Å². The summed E-state index contributed by atoms with van der Waals surface area (Å²) in [4.78, 5) is 24.2. The summed E-state index contributed by atoms with van der Waals surface area (Å²) in [6.07, 6.45) is 6.08. The predicted molar refractivity (Wildman–Crippen MR) is 102 cm³/mol. The quantitative estimate of drug-likeness (QED) is 0.778. The second kappa shape index (κ2) is 6.90. The topological polar surface area (TPSA) is 58.1 Å². The number of hydrogen-bond donors (Lipinski definition) is 1. The van der Waals surface area contributed by atoms with Crippen LogP contribution < -0.4 is 5.32 Å². The molecule has 1 fully saturated rings. The lowest BCUT2D eigenvalue weighted by atomic mass is 10.1. The highest BCUT2D eigenvalue weighted by Crippen LogP contribution is 2.29. The number of thiazole rings is 1. The third-order valence-corrected chi connectivity index (χ3v) is 5.42. The van der Waals surface area contributed by atoms with E-state index >= 15 is 0 Å². The van der Waals surface area contributed by atoms with E-state index in [0.29, 0.717) is 12.4 Å². The maximum Gasteiger partial charge on any atom is 0.239 e. The molecule has 0 unspecified atom stereocenters. The number of carbonyl (C=O) groups is 1. The van der Waals surface area contributed by atoms with E-state index in [9.17, 15) is 4.79 Å². The number of anilines is 1. The van der Waals surface area contributed by atoms with Gasteiger partial charge in [-0.05, 0) is 55.9 Å². The fraction of sp³-hybridized carbons (Fsp3) is 0.316. The van der Waals surface area contributed by atoms with Gasteiger partial charge in [0.2, 0.25) is 5.91 Å². The second-order valence-corrected chi connectivity index (χ2v) is 7.64. The molecule has 0 spiro atoms. The van der Waals surface area contributed by atoms with Crippen LogP contribution in [-0.2, 0) is 4.79 Å². The van der Waals surface area contributed by atoms with Gasteiger partial charge in [0.05, 0.1) is 16.4 Å². The average Bonchev–Trinajstić information content (AvgIpc) is 3.26. The summed E-state index contributed by atoms with van der Waals surface area (Å²) >= 11 is 1.68. The van der Waals surface area contributed by atoms with Crippen molar-refractivity contribution in [3.8, 4) is 10.4 Å². The SMILES string of the molecule is Cc1ncc(-c2ccc3cnc(NC(=O)CN4CCCC4)cc3c2)s1. The van der Waals surface area contributed by atoms with Crippen LogP contribution in [0, 0.1) is 6.92 Å². The van der Waals surface area contributed by atoms with Gasteiger partial charge in [0.1, 0.15) is 5.82 Å². The van der Waals surface area contributed by atoms with Crippen molar-refractivity contribution in [2.24, 2.45) is 0 Å². The normalized spacial score (nSPS) is 14.9. The van der Waals surface area contributed by atoms with Crippen LogP contribution in [0.15, 0.2) is 36.7 Å². The van der Waals surface area contributed by atoms with E-state index in [1.165, 1.54) is 12.8 Å². The molecule has 0 aliphatic carbocycles. The van der Waals surface area contributed by atoms with Gasteiger partial charge in [-0.3, -0.25) is 9.69 Å². The van der Waals surface area contributed by atoms with E-state index in [4.69, 9.17) is 0 Å². The molecule has 1 aliphatic rings. The lowest BCUT2D eigenvalue weighted by Crippen LogP contribution is -2.31. The van der Waals surface area contributed by atoms with Gasteiger partial charge in [0.15, 0.2) is 0 Å². The summed E-state index contributed by atoms with van der Waals surface area (Å²) in [5, 5.41) is 6.10. The van der Waals surface area contributed by atoms with Crippen molar-refractivity contribution in [3.05, 3.63) is 41.7 Å². The summed E-state index contributed by atoms with van der Waals surface area (Å²) in [5.41, 5.74) is 1.14. The number of benzene rings is 1. The Balaban J connectivity index is 1.54. The fourth-order valence-corrected chi connectivity index (χ4v) is 3.96. The number of nitrogens with zero attached hydrogens (tertiary/aromatic N) is 3. The molecule has 6 heteroatoms. The monoisotopic (exact) mass is 352 g/mol. The van der Waals surface area contributed by atoms with Gasteiger partial charge in [0, 0.05) is 17.8 Å². The van der Waals surface area contributed by atoms with Crippen LogP contribution in [0.25, 0.3) is 21.2 Å². The Morgan fingerprint density at radius 2 is 2.00 bits per heavy atom. The Morgan fingerprint density at radius 1 is 1.16 bits per heavy atom. The summed E-state index contributed by atoms with van der Waals surface area (Å²) < 4.78 is 0. The van der Waals surface area contributed by atoms with Crippen LogP contribution in [0.2, 0.25) is 0 Å². The molecule has 5 nitrogen and oxygen atoms in total. The molecule has 1 N–H and O–H groups in total. The molecule has 4 rings (SSSR count). The van der Waals surface area contributed by atoms with E-state index in [2.05, 4.69) is 38.4 Å². The Bertz CT molecular complexity index is 915. The first-order valence-electron chi connectivity index (χ1n) is 8.52. The molecule has 1 aliphatic heterocycles. The molecule has 0 atom stereocenters. The van der Waals surface area contributed by atoms with Crippen LogP contribution in [-0.4, -0.2) is 40.4 Å². The zero-order chi connectivity index (χ0) is 17.2. The van der Waals surface area contributed by atoms with Crippen molar-refractivity contribution in [3.63, 3.8) is 0 Å². The number of aromatic nitrogens is 2. The second-order valence-electron chi connectivity index (χ2n) is 6.41. The molecule has 1 aromatic carbocycles.